The van der Waals surface area contributed by atoms with Crippen molar-refractivity contribution in [3.8, 4) is 5.75 Å². The first kappa shape index (κ1) is 25.1. The number of halogens is 1. The van der Waals surface area contributed by atoms with Gasteiger partial charge >= 0.3 is 6.09 Å². The van der Waals surface area contributed by atoms with E-state index in [2.05, 4.69) is 21.2 Å². The highest BCUT2D eigenvalue weighted by Gasteiger charge is 2.37. The number of hydrogen-bond donors (Lipinski definition) is 1. The molecule has 0 aromatic heterocycles. The van der Waals surface area contributed by atoms with E-state index in [0.717, 1.165) is 22.1 Å². The molecule has 178 valence electrons. The number of likely N-dealkylation sites (N-methyl/N-ethyl adjacent to an activating group) is 1. The lowest BCUT2D eigenvalue weighted by Gasteiger charge is -2.37. The second-order valence-corrected chi connectivity index (χ2v) is 10.3. The van der Waals surface area contributed by atoms with Gasteiger partial charge in [-0.3, -0.25) is 9.69 Å². The van der Waals surface area contributed by atoms with Crippen LogP contribution in [0.2, 0.25) is 0 Å². The Kier molecular flexibility index (Phi) is 8.02. The average molecular weight is 518 g/mol. The van der Waals surface area contributed by atoms with Gasteiger partial charge in [0.25, 0.3) is 0 Å². The van der Waals surface area contributed by atoms with Crippen LogP contribution in [0.3, 0.4) is 0 Å². The molecule has 0 radical (unpaired) electrons. The highest BCUT2D eigenvalue weighted by atomic mass is 79.9. The first-order chi connectivity index (χ1) is 15.5. The zero-order valence-corrected chi connectivity index (χ0v) is 21.4. The Balaban J connectivity index is 1.84. The quantitative estimate of drug-likeness (QED) is 0.601. The van der Waals surface area contributed by atoms with Gasteiger partial charge in [-0.15, -0.1) is 0 Å². The molecule has 3 rings (SSSR count). The smallest absolute Gasteiger partial charge is 0.411 e. The van der Waals surface area contributed by atoms with Crippen molar-refractivity contribution in [3.05, 3.63) is 58.1 Å². The van der Waals surface area contributed by atoms with Crippen LogP contribution in [0, 0.1) is 0 Å². The van der Waals surface area contributed by atoms with Crippen molar-refractivity contribution >= 4 is 33.6 Å². The van der Waals surface area contributed by atoms with Gasteiger partial charge < -0.3 is 19.7 Å². The summed E-state index contributed by atoms with van der Waals surface area (Å²) in [5.41, 5.74) is 1.97. The summed E-state index contributed by atoms with van der Waals surface area (Å²) < 4.78 is 12.4. The van der Waals surface area contributed by atoms with Crippen molar-refractivity contribution in [2.45, 2.75) is 45.4 Å². The van der Waals surface area contributed by atoms with Gasteiger partial charge in [0.1, 0.15) is 24.0 Å². The number of fused-ring (bicyclic) bond motifs is 1. The van der Waals surface area contributed by atoms with E-state index >= 15 is 0 Å². The molecule has 2 aromatic carbocycles. The fraction of sp³-hybridized carbons (Fsp3) is 0.440. The molecule has 8 heteroatoms. The first-order valence-electron chi connectivity index (χ1n) is 11.0. The molecule has 1 heterocycles. The van der Waals surface area contributed by atoms with E-state index in [4.69, 9.17) is 9.47 Å². The topological polar surface area (TPSA) is 71.1 Å². The summed E-state index contributed by atoms with van der Waals surface area (Å²) in [6.07, 6.45) is -0.0929. The number of carbonyl (C=O) groups excluding carboxylic acids is 2. The van der Waals surface area contributed by atoms with Crippen molar-refractivity contribution in [2.24, 2.45) is 0 Å². The minimum absolute atomic E-state index is 0.282. The second kappa shape index (κ2) is 10.6. The van der Waals surface area contributed by atoms with Crippen LogP contribution in [-0.4, -0.2) is 60.7 Å². The number of anilines is 1. The summed E-state index contributed by atoms with van der Waals surface area (Å²) >= 11 is 3.46. The van der Waals surface area contributed by atoms with Gasteiger partial charge in [0.2, 0.25) is 5.91 Å². The van der Waals surface area contributed by atoms with Crippen molar-refractivity contribution in [1.82, 2.24) is 9.80 Å². The maximum atomic E-state index is 13.4. The van der Waals surface area contributed by atoms with E-state index in [-0.39, 0.29) is 5.91 Å². The van der Waals surface area contributed by atoms with E-state index in [1.807, 2.05) is 76.2 Å². The van der Waals surface area contributed by atoms with Gasteiger partial charge in [0, 0.05) is 17.4 Å². The molecule has 33 heavy (non-hydrogen) atoms. The van der Waals surface area contributed by atoms with Gasteiger partial charge in [-0.05, 0) is 64.2 Å². The number of nitrogens with zero attached hydrogens (tertiary/aromatic N) is 2. The van der Waals surface area contributed by atoms with Crippen LogP contribution in [-0.2, 0) is 22.5 Å². The van der Waals surface area contributed by atoms with Crippen LogP contribution in [0.5, 0.6) is 5.75 Å². The predicted molar refractivity (Wildman–Crippen MR) is 133 cm³/mol. The minimum Gasteiger partial charge on any atom is -0.490 e. The molecule has 2 amide bonds. The van der Waals surface area contributed by atoms with Gasteiger partial charge in [0.05, 0.1) is 12.2 Å². The van der Waals surface area contributed by atoms with Crippen molar-refractivity contribution in [2.75, 3.05) is 32.6 Å². The molecular formula is C25H32BrN3O4. The summed E-state index contributed by atoms with van der Waals surface area (Å²) in [6.45, 7) is 6.99. The zero-order valence-electron chi connectivity index (χ0n) is 19.9. The Morgan fingerprint density at radius 3 is 2.52 bits per heavy atom. The normalized spacial score (nSPS) is 15.7. The highest BCUT2D eigenvalue weighted by molar-refractivity contribution is 9.10. The maximum Gasteiger partial charge on any atom is 0.411 e. The Bertz CT molecular complexity index is 1000. The number of hydrogen-bond acceptors (Lipinski definition) is 5. The zero-order chi connectivity index (χ0) is 24.2. The Labute approximate surface area is 204 Å². The second-order valence-electron chi connectivity index (χ2n) is 9.38. The number of rotatable bonds is 6. The number of benzene rings is 2. The molecule has 7 nitrogen and oxygen atoms in total. The molecule has 1 aliphatic rings. The van der Waals surface area contributed by atoms with Crippen LogP contribution in [0.15, 0.2) is 46.9 Å². The van der Waals surface area contributed by atoms with Crippen molar-refractivity contribution < 1.29 is 19.1 Å². The fourth-order valence-corrected chi connectivity index (χ4v) is 3.88. The summed E-state index contributed by atoms with van der Waals surface area (Å²) in [5, 5.41) is 2.98. The third-order valence-corrected chi connectivity index (χ3v) is 5.67. The molecule has 2 aromatic rings. The molecule has 0 bridgehead atoms. The van der Waals surface area contributed by atoms with Gasteiger partial charge in [-0.1, -0.05) is 40.2 Å². The van der Waals surface area contributed by atoms with Crippen molar-refractivity contribution in [1.29, 1.82) is 0 Å². The maximum absolute atomic E-state index is 13.4. The lowest BCUT2D eigenvalue weighted by molar-refractivity contribution is -0.121. The standard InChI is InChI=1S/C25H32BrN3O4/c1-25(2,3)33-24(31)29-16-18-9-7-6-8-17(18)14-21(29)23(30)27-20-11-10-19(26)15-22(20)32-13-12-28(4)5/h6-11,15,21H,12-14,16H2,1-5H3,(H,27,30)/t21-/m0/s1. The van der Waals surface area contributed by atoms with Crippen LogP contribution < -0.4 is 10.1 Å². The lowest BCUT2D eigenvalue weighted by Crippen LogP contribution is -2.52. The Morgan fingerprint density at radius 2 is 1.85 bits per heavy atom. The highest BCUT2D eigenvalue weighted by Crippen LogP contribution is 2.31. The summed E-state index contributed by atoms with van der Waals surface area (Å²) in [7, 11) is 3.94. The van der Waals surface area contributed by atoms with Gasteiger partial charge in [-0.25, -0.2) is 4.79 Å². The van der Waals surface area contributed by atoms with Crippen LogP contribution in [0.1, 0.15) is 31.9 Å². The molecular weight excluding hydrogens is 486 g/mol. The predicted octanol–water partition coefficient (Wildman–Crippen LogP) is 4.69. The largest absolute Gasteiger partial charge is 0.490 e. The molecule has 0 saturated carbocycles. The number of ether oxygens (including phenoxy) is 2. The molecule has 0 fully saturated rings. The number of nitrogens with one attached hydrogen (secondary N) is 1. The lowest BCUT2D eigenvalue weighted by atomic mass is 9.93. The van der Waals surface area contributed by atoms with Crippen molar-refractivity contribution in [3.63, 3.8) is 0 Å². The van der Waals surface area contributed by atoms with E-state index in [9.17, 15) is 9.59 Å². The molecule has 1 N–H and O–H groups in total. The van der Waals surface area contributed by atoms with E-state index < -0.39 is 17.7 Å². The van der Waals surface area contributed by atoms with E-state index in [0.29, 0.717) is 31.0 Å². The van der Waals surface area contributed by atoms with Crippen LogP contribution >= 0.6 is 15.9 Å². The summed E-state index contributed by atoms with van der Waals surface area (Å²) in [4.78, 5) is 30.0. The Hall–Kier alpha value is -2.58. The van der Waals surface area contributed by atoms with Crippen LogP contribution in [0.25, 0.3) is 0 Å². The third-order valence-electron chi connectivity index (χ3n) is 5.18. The number of amides is 2. The molecule has 1 aliphatic heterocycles. The minimum atomic E-state index is -0.701. The molecule has 0 aliphatic carbocycles. The summed E-state index contributed by atoms with van der Waals surface area (Å²) in [6, 6.07) is 12.6. The van der Waals surface area contributed by atoms with E-state index in [1.165, 1.54) is 4.90 Å². The fourth-order valence-electron chi connectivity index (χ4n) is 3.54. The third kappa shape index (κ3) is 6.95. The molecule has 0 saturated heterocycles. The summed E-state index contributed by atoms with van der Waals surface area (Å²) in [5.74, 6) is 0.287. The van der Waals surface area contributed by atoms with Gasteiger partial charge in [0.15, 0.2) is 0 Å². The first-order valence-corrected chi connectivity index (χ1v) is 11.8. The number of carbonyl (C=O) groups is 2. The Morgan fingerprint density at radius 1 is 1.15 bits per heavy atom. The average Bonchev–Trinajstić information content (AvgIpc) is 2.73. The molecule has 0 unspecified atom stereocenters. The monoisotopic (exact) mass is 517 g/mol. The molecule has 1 atom stereocenters. The molecule has 0 spiro atoms. The van der Waals surface area contributed by atoms with Gasteiger partial charge in [-0.2, -0.15) is 0 Å². The SMILES string of the molecule is CN(C)CCOc1cc(Br)ccc1NC(=O)[C@@H]1Cc2ccccc2CN1C(=O)OC(C)(C)C. The van der Waals surface area contributed by atoms with E-state index in [1.54, 1.807) is 6.07 Å². The van der Waals surface area contributed by atoms with Crippen LogP contribution in [0.4, 0.5) is 10.5 Å².